The van der Waals surface area contributed by atoms with E-state index in [1.54, 1.807) is 12.1 Å². The van der Waals surface area contributed by atoms with E-state index in [0.717, 1.165) is 24.4 Å². The van der Waals surface area contributed by atoms with Crippen molar-refractivity contribution in [2.75, 3.05) is 13.2 Å². The maximum absolute atomic E-state index is 12.6. The van der Waals surface area contributed by atoms with Crippen LogP contribution in [0.1, 0.15) is 31.2 Å². The second-order valence-corrected chi connectivity index (χ2v) is 8.30. The fraction of sp³-hybridized carbons (Fsp3) is 0.0909. The Morgan fingerprint density at radius 3 is 2.33 bits per heavy atom. The van der Waals surface area contributed by atoms with E-state index in [2.05, 4.69) is 10.3 Å². The number of carbonyl (C=O) groups excluding carboxylic acids is 2. The van der Waals surface area contributed by atoms with Crippen LogP contribution >= 0.6 is 0 Å². The van der Waals surface area contributed by atoms with Gasteiger partial charge in [-0.15, -0.1) is 0 Å². The number of carboxylic acids is 1. The van der Waals surface area contributed by atoms with Gasteiger partial charge in [-0.1, -0.05) is 24.3 Å². The number of hydrogen-bond acceptors (Lipinski definition) is 7. The molecule has 0 spiro atoms. The summed E-state index contributed by atoms with van der Waals surface area (Å²) in [4.78, 5) is 38.7. The van der Waals surface area contributed by atoms with Gasteiger partial charge in [-0.05, 0) is 42.5 Å². The highest BCUT2D eigenvalue weighted by Crippen LogP contribution is 2.13. The number of rotatable bonds is 9. The van der Waals surface area contributed by atoms with Gasteiger partial charge in [-0.25, -0.2) is 22.9 Å². The number of hydrogen-bond donors (Lipinski definition) is 3. The Kier molecular flexibility index (Phi) is 7.36. The minimum absolute atomic E-state index is 0.0810. The number of carboxylic acid groups (broad SMARTS) is 1. The van der Waals surface area contributed by atoms with Crippen molar-refractivity contribution in [2.45, 2.75) is 4.90 Å². The third kappa shape index (κ3) is 6.37. The van der Waals surface area contributed by atoms with Gasteiger partial charge in [-0.3, -0.25) is 9.59 Å². The summed E-state index contributed by atoms with van der Waals surface area (Å²) in [7, 11) is -4.30. The quantitative estimate of drug-likeness (QED) is 0.401. The smallest absolute Gasteiger partial charge is 0.354 e. The average Bonchev–Trinajstić information content (AvgIpc) is 2.82. The molecule has 0 aliphatic rings. The van der Waals surface area contributed by atoms with Crippen LogP contribution in [0.4, 0.5) is 0 Å². The summed E-state index contributed by atoms with van der Waals surface area (Å²) in [5.74, 6) is -2.13. The average molecular weight is 469 g/mol. The van der Waals surface area contributed by atoms with Crippen LogP contribution in [0.15, 0.2) is 77.8 Å². The van der Waals surface area contributed by atoms with Gasteiger partial charge in [0.15, 0.2) is 0 Å². The van der Waals surface area contributed by atoms with Crippen molar-refractivity contribution in [3.8, 4) is 5.75 Å². The molecule has 2 amide bonds. The maximum atomic E-state index is 12.6. The highest BCUT2D eigenvalue weighted by Gasteiger charge is 2.20. The monoisotopic (exact) mass is 469 g/mol. The van der Waals surface area contributed by atoms with Crippen LogP contribution in [-0.2, 0) is 10.0 Å². The summed E-state index contributed by atoms with van der Waals surface area (Å²) in [5, 5.41) is 11.5. The van der Waals surface area contributed by atoms with E-state index in [1.807, 2.05) is 22.9 Å². The van der Waals surface area contributed by atoms with Crippen molar-refractivity contribution >= 4 is 27.8 Å². The molecule has 0 saturated carbocycles. The highest BCUT2D eigenvalue weighted by atomic mass is 32.2. The van der Waals surface area contributed by atoms with E-state index in [1.165, 1.54) is 18.2 Å². The molecule has 1 heterocycles. The molecular weight excluding hydrogens is 450 g/mol. The third-order valence-electron chi connectivity index (χ3n) is 4.28. The largest absolute Gasteiger partial charge is 0.492 e. The zero-order chi connectivity index (χ0) is 23.8. The van der Waals surface area contributed by atoms with Crippen LogP contribution < -0.4 is 14.8 Å². The van der Waals surface area contributed by atoms with Crippen molar-refractivity contribution < 1.29 is 32.6 Å². The Morgan fingerprint density at radius 1 is 0.909 bits per heavy atom. The van der Waals surface area contributed by atoms with E-state index < -0.39 is 27.8 Å². The molecule has 0 aliphatic carbocycles. The minimum Gasteiger partial charge on any atom is -0.492 e. The van der Waals surface area contributed by atoms with Gasteiger partial charge in [0, 0.05) is 11.8 Å². The molecule has 0 radical (unpaired) electrons. The number of pyridine rings is 1. The number of para-hydroxylation sites is 1. The molecule has 0 bridgehead atoms. The lowest BCUT2D eigenvalue weighted by atomic mass is 10.2. The maximum Gasteiger partial charge on any atom is 0.354 e. The lowest BCUT2D eigenvalue weighted by Crippen LogP contribution is -2.31. The van der Waals surface area contributed by atoms with Gasteiger partial charge >= 0.3 is 5.97 Å². The molecule has 0 saturated heterocycles. The molecule has 0 unspecified atom stereocenters. The summed E-state index contributed by atoms with van der Waals surface area (Å²) in [6.07, 6.45) is 0.954. The number of ether oxygens (including phenoxy) is 1. The number of nitrogens with one attached hydrogen (secondary N) is 2. The molecule has 10 nitrogen and oxygen atoms in total. The molecule has 3 aromatic rings. The van der Waals surface area contributed by atoms with Gasteiger partial charge < -0.3 is 15.2 Å². The van der Waals surface area contributed by atoms with Gasteiger partial charge in [0.05, 0.1) is 17.0 Å². The topological polar surface area (TPSA) is 152 Å². The normalized spacial score (nSPS) is 10.8. The van der Waals surface area contributed by atoms with E-state index in [-0.39, 0.29) is 34.9 Å². The Labute approximate surface area is 189 Å². The minimum atomic E-state index is -4.30. The van der Waals surface area contributed by atoms with E-state index in [9.17, 15) is 22.8 Å². The molecule has 3 rings (SSSR count). The predicted octanol–water partition coefficient (Wildman–Crippen LogP) is 1.71. The predicted molar refractivity (Wildman–Crippen MR) is 117 cm³/mol. The van der Waals surface area contributed by atoms with E-state index in [4.69, 9.17) is 9.84 Å². The first-order valence-corrected chi connectivity index (χ1v) is 11.1. The molecule has 33 heavy (non-hydrogen) atoms. The summed E-state index contributed by atoms with van der Waals surface area (Å²) in [6, 6.07) is 16.4. The lowest BCUT2D eigenvalue weighted by Gasteiger charge is -2.10. The number of nitrogens with zero attached hydrogens (tertiary/aromatic N) is 1. The second kappa shape index (κ2) is 10.4. The number of aromatic carboxylic acids is 1. The van der Waals surface area contributed by atoms with Crippen molar-refractivity contribution in [3.05, 3.63) is 89.7 Å². The Morgan fingerprint density at radius 2 is 1.67 bits per heavy atom. The fourth-order valence-electron chi connectivity index (χ4n) is 2.65. The Hall–Kier alpha value is -4.25. The molecular formula is C22H19N3O7S. The van der Waals surface area contributed by atoms with Gasteiger partial charge in [-0.2, -0.15) is 0 Å². The number of aromatic nitrogens is 1. The Balaban J connectivity index is 1.61. The van der Waals surface area contributed by atoms with Crippen molar-refractivity contribution in [3.63, 3.8) is 0 Å². The van der Waals surface area contributed by atoms with Crippen LogP contribution in [0.3, 0.4) is 0 Å². The van der Waals surface area contributed by atoms with E-state index in [0.29, 0.717) is 5.75 Å². The number of sulfonamides is 1. The Bertz CT molecular complexity index is 1260. The lowest BCUT2D eigenvalue weighted by molar-refractivity contribution is 0.0689. The first-order chi connectivity index (χ1) is 15.8. The van der Waals surface area contributed by atoms with Crippen LogP contribution in [0.25, 0.3) is 0 Å². The second-order valence-electron chi connectivity index (χ2n) is 6.62. The molecule has 0 aliphatic heterocycles. The molecule has 0 fully saturated rings. The summed E-state index contributed by atoms with van der Waals surface area (Å²) < 4.78 is 32.5. The third-order valence-corrected chi connectivity index (χ3v) is 5.61. The van der Waals surface area contributed by atoms with Gasteiger partial charge in [0.1, 0.15) is 18.1 Å². The van der Waals surface area contributed by atoms with Crippen LogP contribution in [-0.4, -0.2) is 49.4 Å². The zero-order valence-electron chi connectivity index (χ0n) is 17.1. The first-order valence-electron chi connectivity index (χ1n) is 9.59. The van der Waals surface area contributed by atoms with Crippen molar-refractivity contribution in [2.24, 2.45) is 0 Å². The molecule has 3 N–H and O–H groups in total. The van der Waals surface area contributed by atoms with Crippen molar-refractivity contribution in [1.29, 1.82) is 0 Å². The molecule has 11 heteroatoms. The van der Waals surface area contributed by atoms with Gasteiger partial charge in [0.2, 0.25) is 0 Å². The summed E-state index contributed by atoms with van der Waals surface area (Å²) in [5.41, 5.74) is -0.351. The first kappa shape index (κ1) is 23.4. The van der Waals surface area contributed by atoms with Crippen LogP contribution in [0.2, 0.25) is 0 Å². The molecule has 170 valence electrons. The fourth-order valence-corrected chi connectivity index (χ4v) is 3.67. The van der Waals surface area contributed by atoms with E-state index >= 15 is 0 Å². The van der Waals surface area contributed by atoms with Crippen LogP contribution in [0, 0.1) is 0 Å². The summed E-state index contributed by atoms with van der Waals surface area (Å²) >= 11 is 0. The molecule has 0 atom stereocenters. The number of carbonyl (C=O) groups is 3. The SMILES string of the molecule is O=C(NCCOc1ccccc1)c1cccc(S(=O)(=O)NC(=O)c2ccc(C(=O)O)nc2)c1. The number of amides is 2. The molecule has 1 aromatic heterocycles. The van der Waals surface area contributed by atoms with Gasteiger partial charge in [0.25, 0.3) is 21.8 Å². The highest BCUT2D eigenvalue weighted by molar-refractivity contribution is 7.90. The zero-order valence-corrected chi connectivity index (χ0v) is 17.9. The standard InChI is InChI=1S/C22H19N3O7S/c26-20(23-11-12-32-17-6-2-1-3-7-17)15-5-4-8-18(13-15)33(30,31)25-21(27)16-9-10-19(22(28)29)24-14-16/h1-10,13-14H,11-12H2,(H,23,26)(H,25,27)(H,28,29). The summed E-state index contributed by atoms with van der Waals surface area (Å²) in [6.45, 7) is 0.416. The molecule has 2 aromatic carbocycles. The van der Waals surface area contributed by atoms with Crippen LogP contribution in [0.5, 0.6) is 5.75 Å². The number of benzene rings is 2. The van der Waals surface area contributed by atoms with Crippen molar-refractivity contribution in [1.82, 2.24) is 15.0 Å².